The van der Waals surface area contributed by atoms with Crippen LogP contribution in [0.5, 0.6) is 0 Å². The Hall–Kier alpha value is -3.93. The van der Waals surface area contributed by atoms with Crippen LogP contribution in [-0.2, 0) is 16.9 Å². The number of para-hydroxylation sites is 2. The molecule has 0 aliphatic rings. The molecule has 33 heavy (non-hydrogen) atoms. The maximum atomic E-state index is 12.7. The second-order valence-electron chi connectivity index (χ2n) is 7.62. The topological polar surface area (TPSA) is 138 Å². The maximum Gasteiger partial charge on any atom is 0.490 e. The molecule has 1 amide bonds. The lowest BCUT2D eigenvalue weighted by molar-refractivity contribution is -0.192. The number of halogens is 3. The van der Waals surface area contributed by atoms with Crippen LogP contribution >= 0.6 is 0 Å². The third-order valence-electron chi connectivity index (χ3n) is 4.63. The van der Waals surface area contributed by atoms with Crippen molar-refractivity contribution in [3.63, 3.8) is 0 Å². The van der Waals surface area contributed by atoms with Crippen LogP contribution in [0.2, 0.25) is 0 Å². The number of carboxylic acid groups (broad SMARTS) is 1. The molecule has 0 aliphatic heterocycles. The fourth-order valence-electron chi connectivity index (χ4n) is 2.92. The molecule has 174 valence electrons. The summed E-state index contributed by atoms with van der Waals surface area (Å²) in [5.41, 5.74) is 8.83. The highest BCUT2D eigenvalue weighted by atomic mass is 19.4. The van der Waals surface area contributed by atoms with E-state index in [0.29, 0.717) is 23.7 Å². The van der Waals surface area contributed by atoms with Crippen molar-refractivity contribution >= 4 is 28.6 Å². The number of hydrogen-bond donors (Lipinski definition) is 4. The third-order valence-corrected chi connectivity index (χ3v) is 4.63. The highest BCUT2D eigenvalue weighted by molar-refractivity contribution is 5.93. The first-order valence-electron chi connectivity index (χ1n) is 9.66. The number of amides is 1. The SMILES string of the molecule is CC(C)(NC(=O)c1cn2cc(CN)ccc2n1)c1nc2ccccc2[nH]1.O=C(O)C(F)(F)F. The smallest absolute Gasteiger partial charge is 0.475 e. The number of aliphatic carboxylic acids is 1. The molecule has 0 atom stereocenters. The van der Waals surface area contributed by atoms with Crippen LogP contribution in [0.4, 0.5) is 13.2 Å². The predicted octanol–water partition coefficient (Wildman–Crippen LogP) is 2.97. The van der Waals surface area contributed by atoms with Crippen molar-refractivity contribution in [1.82, 2.24) is 24.7 Å². The molecule has 3 aromatic heterocycles. The molecule has 12 heteroatoms. The summed E-state index contributed by atoms with van der Waals surface area (Å²) in [6, 6.07) is 11.5. The second-order valence-corrected chi connectivity index (χ2v) is 7.62. The minimum absolute atomic E-state index is 0.256. The first-order valence-corrected chi connectivity index (χ1v) is 9.66. The van der Waals surface area contributed by atoms with Gasteiger partial charge < -0.3 is 25.5 Å². The Kier molecular flexibility index (Phi) is 6.40. The van der Waals surface area contributed by atoms with Crippen molar-refractivity contribution in [3.8, 4) is 0 Å². The molecule has 0 bridgehead atoms. The summed E-state index contributed by atoms with van der Waals surface area (Å²) in [6.07, 6.45) is -1.50. The number of alkyl halides is 3. The lowest BCUT2D eigenvalue weighted by Gasteiger charge is -2.23. The van der Waals surface area contributed by atoms with Crippen molar-refractivity contribution in [3.05, 3.63) is 65.9 Å². The number of carbonyl (C=O) groups excluding carboxylic acids is 1. The molecule has 4 aromatic rings. The molecule has 5 N–H and O–H groups in total. The van der Waals surface area contributed by atoms with Gasteiger partial charge in [-0.3, -0.25) is 4.79 Å². The van der Waals surface area contributed by atoms with Crippen LogP contribution < -0.4 is 11.1 Å². The van der Waals surface area contributed by atoms with Crippen LogP contribution in [0, 0.1) is 0 Å². The van der Waals surface area contributed by atoms with Crippen LogP contribution in [-0.4, -0.2) is 42.5 Å². The molecule has 0 radical (unpaired) electrons. The number of carboxylic acids is 1. The number of nitrogens with one attached hydrogen (secondary N) is 2. The van der Waals surface area contributed by atoms with Crippen molar-refractivity contribution < 1.29 is 27.9 Å². The van der Waals surface area contributed by atoms with Crippen molar-refractivity contribution in [2.75, 3.05) is 0 Å². The van der Waals surface area contributed by atoms with Gasteiger partial charge in [-0.1, -0.05) is 18.2 Å². The Morgan fingerprint density at radius 3 is 2.39 bits per heavy atom. The summed E-state index contributed by atoms with van der Waals surface area (Å²) in [5.74, 6) is -2.32. The first kappa shape index (κ1) is 23.7. The molecular formula is C21H21F3N6O3. The summed E-state index contributed by atoms with van der Waals surface area (Å²) in [7, 11) is 0. The number of aromatic amines is 1. The van der Waals surface area contributed by atoms with Gasteiger partial charge in [0.05, 0.1) is 16.6 Å². The molecule has 0 spiro atoms. The number of aromatic nitrogens is 4. The number of pyridine rings is 1. The zero-order valence-electron chi connectivity index (χ0n) is 17.6. The summed E-state index contributed by atoms with van der Waals surface area (Å²) >= 11 is 0. The third kappa shape index (κ3) is 5.47. The predicted molar refractivity (Wildman–Crippen MR) is 113 cm³/mol. The van der Waals surface area contributed by atoms with E-state index < -0.39 is 17.7 Å². The second kappa shape index (κ2) is 8.90. The molecule has 3 heterocycles. The highest BCUT2D eigenvalue weighted by Crippen LogP contribution is 2.21. The van der Waals surface area contributed by atoms with E-state index in [-0.39, 0.29) is 5.91 Å². The molecule has 1 aromatic carbocycles. The number of fused-ring (bicyclic) bond motifs is 2. The summed E-state index contributed by atoms with van der Waals surface area (Å²) < 4.78 is 33.5. The average molecular weight is 462 g/mol. The summed E-state index contributed by atoms with van der Waals surface area (Å²) in [4.78, 5) is 33.9. The number of nitrogens with zero attached hydrogens (tertiary/aromatic N) is 3. The van der Waals surface area contributed by atoms with Crippen LogP contribution in [0.25, 0.3) is 16.7 Å². The zero-order valence-corrected chi connectivity index (χ0v) is 17.6. The van der Waals surface area contributed by atoms with Gasteiger partial charge in [-0.15, -0.1) is 0 Å². The standard InChI is InChI=1S/C19H20N6O.C2HF3O2/c1-19(2,18-22-13-5-3-4-6-14(13)23-18)24-17(26)15-11-25-10-12(9-20)7-8-16(25)21-15;3-2(4,5)1(6)7/h3-8,10-11H,9,20H2,1-2H3,(H,22,23)(H,24,26);(H,6,7). The van der Waals surface area contributed by atoms with Gasteiger partial charge in [-0.25, -0.2) is 14.8 Å². The average Bonchev–Trinajstić information content (AvgIpc) is 3.37. The quantitative estimate of drug-likeness (QED) is 0.368. The van der Waals surface area contributed by atoms with Gasteiger partial charge in [0.2, 0.25) is 0 Å². The zero-order chi connectivity index (χ0) is 24.4. The van der Waals surface area contributed by atoms with Crippen molar-refractivity contribution in [1.29, 1.82) is 0 Å². The van der Waals surface area contributed by atoms with E-state index in [0.717, 1.165) is 16.6 Å². The number of nitrogens with two attached hydrogens (primary N) is 1. The van der Waals surface area contributed by atoms with E-state index >= 15 is 0 Å². The van der Waals surface area contributed by atoms with E-state index in [1.165, 1.54) is 0 Å². The van der Waals surface area contributed by atoms with E-state index in [9.17, 15) is 18.0 Å². The Morgan fingerprint density at radius 1 is 1.12 bits per heavy atom. The van der Waals surface area contributed by atoms with Gasteiger partial charge in [0.15, 0.2) is 0 Å². The molecule has 9 nitrogen and oxygen atoms in total. The van der Waals surface area contributed by atoms with Gasteiger partial charge in [0.1, 0.15) is 17.2 Å². The molecular weight excluding hydrogens is 441 g/mol. The molecule has 0 fully saturated rings. The summed E-state index contributed by atoms with van der Waals surface area (Å²) in [6.45, 7) is 4.25. The molecule has 0 saturated heterocycles. The number of hydrogen-bond acceptors (Lipinski definition) is 5. The van der Waals surface area contributed by atoms with Crippen LogP contribution in [0.3, 0.4) is 0 Å². The Bertz CT molecular complexity index is 1280. The number of carbonyl (C=O) groups is 2. The number of rotatable bonds is 4. The van der Waals surface area contributed by atoms with Crippen molar-refractivity contribution in [2.24, 2.45) is 5.73 Å². The fourth-order valence-corrected chi connectivity index (χ4v) is 2.92. The highest BCUT2D eigenvalue weighted by Gasteiger charge is 2.38. The van der Waals surface area contributed by atoms with Gasteiger partial charge in [-0.05, 0) is 37.6 Å². The van der Waals surface area contributed by atoms with Crippen LogP contribution in [0.15, 0.2) is 48.8 Å². The van der Waals surface area contributed by atoms with E-state index in [2.05, 4.69) is 20.3 Å². The number of benzene rings is 1. The monoisotopic (exact) mass is 462 g/mol. The molecule has 0 aliphatic carbocycles. The van der Waals surface area contributed by atoms with Crippen LogP contribution in [0.1, 0.15) is 35.7 Å². The largest absolute Gasteiger partial charge is 0.490 e. The van der Waals surface area contributed by atoms with Crippen molar-refractivity contribution in [2.45, 2.75) is 32.1 Å². The lowest BCUT2D eigenvalue weighted by Crippen LogP contribution is -2.42. The summed E-state index contributed by atoms with van der Waals surface area (Å²) in [5, 5.41) is 10.1. The minimum Gasteiger partial charge on any atom is -0.475 e. The van der Waals surface area contributed by atoms with Gasteiger partial charge >= 0.3 is 12.1 Å². The lowest BCUT2D eigenvalue weighted by atomic mass is 10.0. The van der Waals surface area contributed by atoms with Gasteiger partial charge in [0, 0.05) is 18.9 Å². The van der Waals surface area contributed by atoms with Gasteiger partial charge in [-0.2, -0.15) is 13.2 Å². The van der Waals surface area contributed by atoms with E-state index in [1.54, 1.807) is 6.20 Å². The molecule has 4 rings (SSSR count). The Balaban J connectivity index is 0.000000383. The Labute approximate surface area is 185 Å². The molecule has 0 unspecified atom stereocenters. The maximum absolute atomic E-state index is 12.7. The number of H-pyrrole nitrogens is 1. The van der Waals surface area contributed by atoms with Gasteiger partial charge in [0.25, 0.3) is 5.91 Å². The Morgan fingerprint density at radius 2 is 1.79 bits per heavy atom. The van der Waals surface area contributed by atoms with E-state index in [4.69, 9.17) is 15.6 Å². The minimum atomic E-state index is -5.08. The first-order chi connectivity index (χ1) is 15.4. The number of imidazole rings is 2. The normalized spacial score (nSPS) is 11.8. The molecule has 0 saturated carbocycles. The van der Waals surface area contributed by atoms with E-state index in [1.807, 2.05) is 60.8 Å². The fraction of sp³-hybridized carbons (Fsp3) is 0.238.